The largest absolute Gasteiger partial charge is 0.383 e. The van der Waals surface area contributed by atoms with Gasteiger partial charge in [-0.15, -0.1) is 0 Å². The first-order valence-electron chi connectivity index (χ1n) is 6.51. The molecule has 0 saturated heterocycles. The van der Waals surface area contributed by atoms with Gasteiger partial charge in [0.1, 0.15) is 0 Å². The summed E-state index contributed by atoms with van der Waals surface area (Å²) in [6, 6.07) is 9.51. The average molecular weight is 250 g/mol. The number of hydrogen-bond acceptors (Lipinski definition) is 3. The molecule has 1 N–H and O–H groups in total. The van der Waals surface area contributed by atoms with Gasteiger partial charge in [0, 0.05) is 25.7 Å². The molecule has 0 spiro atoms. The van der Waals surface area contributed by atoms with Gasteiger partial charge in [-0.3, -0.25) is 4.90 Å². The van der Waals surface area contributed by atoms with Gasteiger partial charge in [0.2, 0.25) is 0 Å². The highest BCUT2D eigenvalue weighted by Crippen LogP contribution is 2.15. The number of methoxy groups -OCH3 is 1. The van der Waals surface area contributed by atoms with Gasteiger partial charge in [0.05, 0.1) is 6.61 Å². The maximum Gasteiger partial charge on any atom is 0.0615 e. The standard InChI is InChI=1S/C15H26N2O/c1-12-6-8-14(9-7-12)15(16-3)10-17(4)13(2)11-18-5/h6-9,13,15-16H,10-11H2,1-5H3. The molecule has 1 aromatic carbocycles. The summed E-state index contributed by atoms with van der Waals surface area (Å²) in [5.41, 5.74) is 2.63. The Kier molecular flexibility index (Phi) is 6.33. The SMILES string of the molecule is CNC(CN(C)C(C)COC)c1ccc(C)cc1. The lowest BCUT2D eigenvalue weighted by Gasteiger charge is -2.28. The lowest BCUT2D eigenvalue weighted by Crippen LogP contribution is -2.38. The van der Waals surface area contributed by atoms with Crippen molar-refractivity contribution in [2.45, 2.75) is 25.9 Å². The van der Waals surface area contributed by atoms with Crippen molar-refractivity contribution in [1.82, 2.24) is 10.2 Å². The summed E-state index contributed by atoms with van der Waals surface area (Å²) in [5, 5.41) is 3.38. The molecular weight excluding hydrogens is 224 g/mol. The fourth-order valence-electron chi connectivity index (χ4n) is 2.00. The molecule has 0 heterocycles. The molecule has 102 valence electrons. The Hall–Kier alpha value is -0.900. The maximum atomic E-state index is 5.20. The Morgan fingerprint density at radius 3 is 2.39 bits per heavy atom. The minimum atomic E-state index is 0.356. The predicted octanol–water partition coefficient (Wildman–Crippen LogP) is 2.22. The van der Waals surface area contributed by atoms with Crippen LogP contribution in [-0.4, -0.2) is 45.3 Å². The summed E-state index contributed by atoms with van der Waals surface area (Å²) in [6.45, 7) is 6.04. The Morgan fingerprint density at radius 2 is 1.89 bits per heavy atom. The highest BCUT2D eigenvalue weighted by molar-refractivity contribution is 5.24. The second-order valence-electron chi connectivity index (χ2n) is 5.00. The molecule has 3 nitrogen and oxygen atoms in total. The summed E-state index contributed by atoms with van der Waals surface area (Å²) in [6.07, 6.45) is 0. The van der Waals surface area contributed by atoms with Gasteiger partial charge >= 0.3 is 0 Å². The van der Waals surface area contributed by atoms with E-state index in [9.17, 15) is 0 Å². The molecule has 2 unspecified atom stereocenters. The maximum absolute atomic E-state index is 5.20. The normalized spacial score (nSPS) is 14.8. The van der Waals surface area contributed by atoms with Crippen LogP contribution in [0.3, 0.4) is 0 Å². The van der Waals surface area contributed by atoms with E-state index in [1.807, 2.05) is 7.05 Å². The van der Waals surface area contributed by atoms with E-state index in [-0.39, 0.29) is 0 Å². The number of nitrogens with one attached hydrogen (secondary N) is 1. The Labute approximate surface area is 111 Å². The van der Waals surface area contributed by atoms with Crippen LogP contribution in [-0.2, 0) is 4.74 Å². The molecule has 3 heteroatoms. The van der Waals surface area contributed by atoms with E-state index >= 15 is 0 Å². The molecule has 0 aliphatic carbocycles. The van der Waals surface area contributed by atoms with Crippen molar-refractivity contribution in [3.63, 3.8) is 0 Å². The summed E-state index contributed by atoms with van der Waals surface area (Å²) in [7, 11) is 5.90. The van der Waals surface area contributed by atoms with Crippen molar-refractivity contribution in [3.05, 3.63) is 35.4 Å². The van der Waals surface area contributed by atoms with Crippen molar-refractivity contribution >= 4 is 0 Å². The van der Waals surface area contributed by atoms with Crippen LogP contribution in [0.2, 0.25) is 0 Å². The zero-order valence-electron chi connectivity index (χ0n) is 12.2. The smallest absolute Gasteiger partial charge is 0.0615 e. The van der Waals surface area contributed by atoms with Crippen LogP contribution < -0.4 is 5.32 Å². The average Bonchev–Trinajstić information content (AvgIpc) is 2.37. The topological polar surface area (TPSA) is 24.5 Å². The number of hydrogen-bond donors (Lipinski definition) is 1. The first-order chi connectivity index (χ1) is 8.58. The van der Waals surface area contributed by atoms with Crippen LogP contribution in [0.15, 0.2) is 24.3 Å². The van der Waals surface area contributed by atoms with Crippen molar-refractivity contribution in [2.75, 3.05) is 34.4 Å². The highest BCUT2D eigenvalue weighted by atomic mass is 16.5. The summed E-state index contributed by atoms with van der Waals surface area (Å²) in [4.78, 5) is 2.32. The first-order valence-corrected chi connectivity index (χ1v) is 6.51. The third kappa shape index (κ3) is 4.41. The van der Waals surface area contributed by atoms with E-state index in [0.29, 0.717) is 12.1 Å². The number of likely N-dealkylation sites (N-methyl/N-ethyl adjacent to an activating group) is 2. The molecule has 0 aromatic heterocycles. The summed E-state index contributed by atoms with van der Waals surface area (Å²) in [5.74, 6) is 0. The molecule has 0 aliphatic heterocycles. The quantitative estimate of drug-likeness (QED) is 0.803. The van der Waals surface area contributed by atoms with Crippen LogP contribution in [0.25, 0.3) is 0 Å². The molecule has 0 saturated carbocycles. The van der Waals surface area contributed by atoms with Crippen molar-refractivity contribution in [2.24, 2.45) is 0 Å². The molecule has 0 radical (unpaired) electrons. The van der Waals surface area contributed by atoms with Crippen LogP contribution >= 0.6 is 0 Å². The molecule has 1 rings (SSSR count). The molecule has 2 atom stereocenters. The van der Waals surface area contributed by atoms with Gasteiger partial charge in [0.25, 0.3) is 0 Å². The second-order valence-corrected chi connectivity index (χ2v) is 5.00. The van der Waals surface area contributed by atoms with E-state index < -0.39 is 0 Å². The number of rotatable bonds is 7. The fourth-order valence-corrected chi connectivity index (χ4v) is 2.00. The van der Waals surface area contributed by atoms with Crippen molar-refractivity contribution < 1.29 is 4.74 Å². The van der Waals surface area contributed by atoms with Crippen molar-refractivity contribution in [3.8, 4) is 0 Å². The highest BCUT2D eigenvalue weighted by Gasteiger charge is 2.15. The molecular formula is C15H26N2O. The zero-order chi connectivity index (χ0) is 13.5. The van der Waals surface area contributed by atoms with Crippen LogP contribution in [0.1, 0.15) is 24.1 Å². The fraction of sp³-hybridized carbons (Fsp3) is 0.600. The van der Waals surface area contributed by atoms with Crippen LogP contribution in [0.4, 0.5) is 0 Å². The lowest BCUT2D eigenvalue weighted by molar-refractivity contribution is 0.110. The van der Waals surface area contributed by atoms with E-state index in [4.69, 9.17) is 4.74 Å². The van der Waals surface area contributed by atoms with Crippen LogP contribution in [0.5, 0.6) is 0 Å². The molecule has 0 amide bonds. The van der Waals surface area contributed by atoms with Gasteiger partial charge < -0.3 is 10.1 Å². The molecule has 0 fully saturated rings. The van der Waals surface area contributed by atoms with Crippen molar-refractivity contribution in [1.29, 1.82) is 0 Å². The summed E-state index contributed by atoms with van der Waals surface area (Å²) < 4.78 is 5.20. The Balaban J connectivity index is 2.64. The van der Waals surface area contributed by atoms with Gasteiger partial charge in [-0.1, -0.05) is 29.8 Å². The van der Waals surface area contributed by atoms with E-state index in [2.05, 4.69) is 55.4 Å². The molecule has 18 heavy (non-hydrogen) atoms. The van der Waals surface area contributed by atoms with Gasteiger partial charge in [-0.2, -0.15) is 0 Å². The second kappa shape index (κ2) is 7.52. The minimum Gasteiger partial charge on any atom is -0.383 e. The van der Waals surface area contributed by atoms with Gasteiger partial charge in [0.15, 0.2) is 0 Å². The number of aryl methyl sites for hydroxylation is 1. The Bertz CT molecular complexity index is 337. The van der Waals surface area contributed by atoms with E-state index in [1.54, 1.807) is 7.11 Å². The third-order valence-corrected chi connectivity index (χ3v) is 3.46. The number of ether oxygens (including phenoxy) is 1. The van der Waals surface area contributed by atoms with E-state index in [1.165, 1.54) is 11.1 Å². The predicted molar refractivity (Wildman–Crippen MR) is 76.9 cm³/mol. The first kappa shape index (κ1) is 15.2. The lowest BCUT2D eigenvalue weighted by atomic mass is 10.0. The number of benzene rings is 1. The summed E-state index contributed by atoms with van der Waals surface area (Å²) >= 11 is 0. The number of nitrogens with zero attached hydrogens (tertiary/aromatic N) is 1. The molecule has 0 aliphatic rings. The monoisotopic (exact) mass is 250 g/mol. The zero-order valence-corrected chi connectivity index (χ0v) is 12.2. The third-order valence-electron chi connectivity index (χ3n) is 3.46. The molecule has 1 aromatic rings. The van der Waals surface area contributed by atoms with E-state index in [0.717, 1.165) is 13.2 Å². The minimum absolute atomic E-state index is 0.356. The van der Waals surface area contributed by atoms with Crippen LogP contribution in [0, 0.1) is 6.92 Å². The van der Waals surface area contributed by atoms with Gasteiger partial charge in [-0.25, -0.2) is 0 Å². The Morgan fingerprint density at radius 1 is 1.28 bits per heavy atom. The van der Waals surface area contributed by atoms with Gasteiger partial charge in [-0.05, 0) is 33.5 Å². The molecule has 0 bridgehead atoms.